The van der Waals surface area contributed by atoms with Crippen LogP contribution in [-0.4, -0.2) is 46.3 Å². The molecule has 2 rings (SSSR count). The first-order valence-electron chi connectivity index (χ1n) is 9.71. The van der Waals surface area contributed by atoms with Crippen molar-refractivity contribution in [1.29, 1.82) is 0 Å². The van der Waals surface area contributed by atoms with Gasteiger partial charge in [-0.25, -0.2) is 15.0 Å². The maximum Gasteiger partial charge on any atom is 0.191 e. The highest BCUT2D eigenvalue weighted by atomic mass is 127. The fraction of sp³-hybridized carbons (Fsp3) is 0.550. The Morgan fingerprint density at radius 3 is 2.64 bits per heavy atom. The largest absolute Gasteiger partial charge is 0.378 e. The third-order valence-electron chi connectivity index (χ3n) is 4.19. The van der Waals surface area contributed by atoms with Crippen LogP contribution in [0, 0.1) is 5.92 Å². The lowest BCUT2D eigenvalue weighted by Gasteiger charge is -2.21. The first-order valence-corrected chi connectivity index (χ1v) is 9.71. The first kappa shape index (κ1) is 24.4. The number of aliphatic imine (C=N–C) groups is 1. The van der Waals surface area contributed by atoms with Crippen LogP contribution in [0.2, 0.25) is 0 Å². The molecule has 0 bridgehead atoms. The Morgan fingerprint density at radius 2 is 2.07 bits per heavy atom. The van der Waals surface area contributed by atoms with Crippen molar-refractivity contribution in [2.24, 2.45) is 10.9 Å². The van der Waals surface area contributed by atoms with Crippen LogP contribution < -0.4 is 10.6 Å². The lowest BCUT2D eigenvalue weighted by atomic mass is 10.0. The van der Waals surface area contributed by atoms with Gasteiger partial charge in [0.05, 0.1) is 12.6 Å². The maximum absolute atomic E-state index is 5.80. The molecular weight excluding hydrogens is 467 g/mol. The monoisotopic (exact) mass is 500 g/mol. The molecule has 0 aromatic carbocycles. The second-order valence-corrected chi connectivity index (χ2v) is 6.64. The number of ether oxygens (including phenoxy) is 1. The second-order valence-electron chi connectivity index (χ2n) is 6.64. The number of aromatic nitrogens is 3. The summed E-state index contributed by atoms with van der Waals surface area (Å²) in [5, 5.41) is 6.68. The Kier molecular flexibility index (Phi) is 11.7. The van der Waals surface area contributed by atoms with E-state index in [1.54, 1.807) is 12.5 Å². The molecule has 2 aromatic rings. The van der Waals surface area contributed by atoms with Crippen LogP contribution in [-0.2, 0) is 11.3 Å². The molecule has 2 aromatic heterocycles. The van der Waals surface area contributed by atoms with Gasteiger partial charge < -0.3 is 15.4 Å². The minimum atomic E-state index is 0. The number of nitrogens with zero attached hydrogens (tertiary/aromatic N) is 4. The van der Waals surface area contributed by atoms with Crippen molar-refractivity contribution in [3.8, 4) is 5.82 Å². The van der Waals surface area contributed by atoms with Gasteiger partial charge in [0.15, 0.2) is 5.96 Å². The molecule has 7 nitrogen and oxygen atoms in total. The van der Waals surface area contributed by atoms with E-state index in [1.807, 2.05) is 36.0 Å². The Hall–Kier alpha value is -1.68. The van der Waals surface area contributed by atoms with Crippen molar-refractivity contribution in [1.82, 2.24) is 25.2 Å². The summed E-state index contributed by atoms with van der Waals surface area (Å²) >= 11 is 0. The summed E-state index contributed by atoms with van der Waals surface area (Å²) in [5.41, 5.74) is 1.06. The topological polar surface area (TPSA) is 76.4 Å². The molecular formula is C20H33IN6O. The fourth-order valence-corrected chi connectivity index (χ4v) is 2.73. The van der Waals surface area contributed by atoms with Crippen molar-refractivity contribution in [2.75, 3.05) is 19.7 Å². The van der Waals surface area contributed by atoms with E-state index in [9.17, 15) is 0 Å². The molecule has 1 atom stereocenters. The molecule has 0 fully saturated rings. The van der Waals surface area contributed by atoms with E-state index in [1.165, 1.54) is 0 Å². The van der Waals surface area contributed by atoms with Gasteiger partial charge in [0.2, 0.25) is 0 Å². The van der Waals surface area contributed by atoms with Gasteiger partial charge >= 0.3 is 0 Å². The van der Waals surface area contributed by atoms with Crippen molar-refractivity contribution in [2.45, 2.75) is 46.8 Å². The molecule has 1 unspecified atom stereocenters. The van der Waals surface area contributed by atoms with E-state index in [-0.39, 0.29) is 30.1 Å². The average molecular weight is 500 g/mol. The highest BCUT2D eigenvalue weighted by Crippen LogP contribution is 2.10. The summed E-state index contributed by atoms with van der Waals surface area (Å²) in [7, 11) is 0. The molecule has 0 saturated carbocycles. The molecule has 0 saturated heterocycles. The van der Waals surface area contributed by atoms with Gasteiger partial charge in [-0.15, -0.1) is 24.0 Å². The quantitative estimate of drug-likeness (QED) is 0.297. The smallest absolute Gasteiger partial charge is 0.191 e. The summed E-state index contributed by atoms with van der Waals surface area (Å²) in [6.07, 6.45) is 8.43. The van der Waals surface area contributed by atoms with Crippen LogP contribution in [0.15, 0.2) is 42.0 Å². The molecule has 0 aliphatic carbocycles. The van der Waals surface area contributed by atoms with Crippen LogP contribution in [0.3, 0.4) is 0 Å². The Bertz CT molecular complexity index is 673. The number of halogens is 1. The minimum Gasteiger partial charge on any atom is -0.378 e. The third-order valence-corrected chi connectivity index (χ3v) is 4.19. The average Bonchev–Trinajstić information content (AvgIpc) is 3.20. The van der Waals surface area contributed by atoms with Crippen LogP contribution >= 0.6 is 24.0 Å². The Morgan fingerprint density at radius 1 is 1.25 bits per heavy atom. The zero-order valence-corrected chi connectivity index (χ0v) is 19.6. The molecule has 0 spiro atoms. The molecule has 8 heteroatoms. The van der Waals surface area contributed by atoms with E-state index < -0.39 is 0 Å². The molecule has 0 radical (unpaired) electrons. The number of guanidine groups is 1. The Balaban J connectivity index is 0.00000392. The molecule has 2 heterocycles. The van der Waals surface area contributed by atoms with E-state index in [2.05, 4.69) is 46.4 Å². The number of nitrogens with one attached hydrogen (secondary N) is 2. The third kappa shape index (κ3) is 8.14. The molecule has 2 N–H and O–H groups in total. The fourth-order valence-electron chi connectivity index (χ4n) is 2.73. The molecule has 0 aliphatic rings. The summed E-state index contributed by atoms with van der Waals surface area (Å²) in [6, 6.07) is 4.02. The van der Waals surface area contributed by atoms with Crippen molar-refractivity contribution in [3.05, 3.63) is 42.6 Å². The predicted molar refractivity (Wildman–Crippen MR) is 124 cm³/mol. The van der Waals surface area contributed by atoms with Gasteiger partial charge in [0.1, 0.15) is 12.1 Å². The van der Waals surface area contributed by atoms with Crippen LogP contribution in [0.5, 0.6) is 0 Å². The van der Waals surface area contributed by atoms with Gasteiger partial charge in [0, 0.05) is 38.3 Å². The number of hydrogen-bond donors (Lipinski definition) is 2. The lowest BCUT2D eigenvalue weighted by Crippen LogP contribution is -2.39. The second kappa shape index (κ2) is 13.5. The number of hydrogen-bond acceptors (Lipinski definition) is 4. The van der Waals surface area contributed by atoms with E-state index in [0.29, 0.717) is 12.5 Å². The zero-order chi connectivity index (χ0) is 19.5. The summed E-state index contributed by atoms with van der Waals surface area (Å²) < 4.78 is 7.68. The van der Waals surface area contributed by atoms with E-state index in [0.717, 1.165) is 43.5 Å². The lowest BCUT2D eigenvalue weighted by molar-refractivity contribution is 0.0258. The number of imidazole rings is 1. The van der Waals surface area contributed by atoms with Crippen LogP contribution in [0.1, 0.15) is 39.7 Å². The predicted octanol–water partition coefficient (Wildman–Crippen LogP) is 3.39. The van der Waals surface area contributed by atoms with E-state index in [4.69, 9.17) is 4.74 Å². The number of rotatable bonds is 10. The first-order chi connectivity index (χ1) is 13.1. The van der Waals surface area contributed by atoms with Gasteiger partial charge in [-0.05, 0) is 37.8 Å². The van der Waals surface area contributed by atoms with E-state index >= 15 is 0 Å². The Labute approximate surface area is 185 Å². The molecule has 0 amide bonds. The van der Waals surface area contributed by atoms with Crippen molar-refractivity contribution >= 4 is 29.9 Å². The molecule has 156 valence electrons. The van der Waals surface area contributed by atoms with Gasteiger partial charge in [-0.2, -0.15) is 0 Å². The van der Waals surface area contributed by atoms with Crippen molar-refractivity contribution < 1.29 is 4.74 Å². The number of pyridine rings is 1. The van der Waals surface area contributed by atoms with Crippen LogP contribution in [0.25, 0.3) is 5.82 Å². The highest BCUT2D eigenvalue weighted by Gasteiger charge is 2.12. The van der Waals surface area contributed by atoms with Gasteiger partial charge in [-0.3, -0.25) is 4.57 Å². The summed E-state index contributed by atoms with van der Waals surface area (Å²) in [4.78, 5) is 13.2. The molecule has 28 heavy (non-hydrogen) atoms. The van der Waals surface area contributed by atoms with Crippen LogP contribution in [0.4, 0.5) is 0 Å². The molecule has 0 aliphatic heterocycles. The van der Waals surface area contributed by atoms with Gasteiger partial charge in [0.25, 0.3) is 0 Å². The summed E-state index contributed by atoms with van der Waals surface area (Å²) in [5.74, 6) is 2.17. The maximum atomic E-state index is 5.80. The zero-order valence-electron chi connectivity index (χ0n) is 17.3. The standard InChI is InChI=1S/C20H32N6O.HI/c1-5-22-20(23-10-9-18(16(3)4)27-6-2)25-14-17-7-8-19(24-13-17)26-12-11-21-15-26;/h7-8,11-13,15-16,18H,5-6,9-10,14H2,1-4H3,(H2,22,23,25);1H. The minimum absolute atomic E-state index is 0. The normalized spacial score (nSPS) is 12.5. The SMILES string of the molecule is CCNC(=NCc1ccc(-n2ccnc2)nc1)NCCC(OCC)C(C)C.I. The van der Waals surface area contributed by atoms with Crippen molar-refractivity contribution in [3.63, 3.8) is 0 Å². The highest BCUT2D eigenvalue weighted by molar-refractivity contribution is 14.0. The summed E-state index contributed by atoms with van der Waals surface area (Å²) in [6.45, 7) is 11.5. The van der Waals surface area contributed by atoms with Gasteiger partial charge in [-0.1, -0.05) is 19.9 Å².